The Bertz CT molecular complexity index is 593. The van der Waals surface area contributed by atoms with Crippen molar-refractivity contribution in [3.8, 4) is 0 Å². The maximum atomic E-state index is 12.2. The van der Waals surface area contributed by atoms with Crippen molar-refractivity contribution in [2.75, 3.05) is 20.3 Å². The summed E-state index contributed by atoms with van der Waals surface area (Å²) in [6, 6.07) is 0. The molecule has 0 aliphatic carbocycles. The first-order valence-corrected chi connectivity index (χ1v) is 14.3. The molecule has 0 spiro atoms. The van der Waals surface area contributed by atoms with Crippen LogP contribution in [0.25, 0.3) is 0 Å². The molecular formula is C25H47O8P. The minimum absolute atomic E-state index is 0.226. The lowest BCUT2D eigenvalue weighted by molar-refractivity contribution is -0.161. The predicted octanol–water partition coefficient (Wildman–Crippen LogP) is 6.65. The first kappa shape index (κ1) is 32.8. The van der Waals surface area contributed by atoms with E-state index in [0.717, 1.165) is 58.5 Å². The smallest absolute Gasteiger partial charge is 0.462 e. The van der Waals surface area contributed by atoms with Crippen molar-refractivity contribution in [1.82, 2.24) is 0 Å². The molecule has 0 aliphatic heterocycles. The molecule has 0 radical (unpaired) electrons. The lowest BCUT2D eigenvalue weighted by Gasteiger charge is -2.19. The predicted molar refractivity (Wildman–Crippen MR) is 133 cm³/mol. The van der Waals surface area contributed by atoms with E-state index >= 15 is 0 Å². The van der Waals surface area contributed by atoms with Crippen LogP contribution in [-0.4, -0.2) is 43.3 Å². The highest BCUT2D eigenvalue weighted by molar-refractivity contribution is 7.47. The lowest BCUT2D eigenvalue weighted by atomic mass is 10.1. The van der Waals surface area contributed by atoms with Gasteiger partial charge in [-0.25, -0.2) is 4.57 Å². The van der Waals surface area contributed by atoms with E-state index in [9.17, 15) is 19.0 Å². The molecule has 34 heavy (non-hydrogen) atoms. The summed E-state index contributed by atoms with van der Waals surface area (Å²) in [5, 5.41) is 0. The summed E-state index contributed by atoms with van der Waals surface area (Å²) in [6.07, 6.45) is 17.4. The zero-order valence-corrected chi connectivity index (χ0v) is 22.4. The van der Waals surface area contributed by atoms with Crippen LogP contribution < -0.4 is 0 Å². The third kappa shape index (κ3) is 21.3. The molecule has 8 nitrogen and oxygen atoms in total. The number of phosphoric acid groups is 1. The molecule has 0 aromatic heterocycles. The number of carbonyl (C=O) groups is 2. The Morgan fingerprint density at radius 2 is 1.41 bits per heavy atom. The highest BCUT2D eigenvalue weighted by Gasteiger charge is 2.24. The van der Waals surface area contributed by atoms with Gasteiger partial charge in [-0.2, -0.15) is 0 Å². The second-order valence-electron chi connectivity index (χ2n) is 8.49. The van der Waals surface area contributed by atoms with Gasteiger partial charge in [-0.1, -0.05) is 76.9 Å². The van der Waals surface area contributed by atoms with E-state index in [1.54, 1.807) is 0 Å². The first-order valence-electron chi connectivity index (χ1n) is 12.8. The second kappa shape index (κ2) is 22.3. The minimum Gasteiger partial charge on any atom is -0.462 e. The number of ether oxygens (including phenoxy) is 2. The second-order valence-corrected chi connectivity index (χ2v) is 10.0. The molecule has 0 heterocycles. The van der Waals surface area contributed by atoms with Crippen molar-refractivity contribution in [2.24, 2.45) is 0 Å². The van der Waals surface area contributed by atoms with Gasteiger partial charge in [0.2, 0.25) is 0 Å². The van der Waals surface area contributed by atoms with Crippen LogP contribution in [0.1, 0.15) is 110 Å². The molecule has 0 rings (SSSR count). The van der Waals surface area contributed by atoms with Crippen LogP contribution in [0.3, 0.4) is 0 Å². The monoisotopic (exact) mass is 506 g/mol. The molecule has 0 aromatic rings. The molecule has 9 heteroatoms. The van der Waals surface area contributed by atoms with Gasteiger partial charge in [-0.15, -0.1) is 0 Å². The number of esters is 2. The van der Waals surface area contributed by atoms with Gasteiger partial charge >= 0.3 is 19.8 Å². The van der Waals surface area contributed by atoms with Crippen LogP contribution in [0.4, 0.5) is 0 Å². The number of unbranched alkanes of at least 4 members (excludes halogenated alkanes) is 11. The molecule has 1 unspecified atom stereocenters. The number of hydrogen-bond acceptors (Lipinski definition) is 7. The van der Waals surface area contributed by atoms with Gasteiger partial charge < -0.3 is 14.4 Å². The molecule has 200 valence electrons. The Kier molecular flexibility index (Phi) is 21.5. The van der Waals surface area contributed by atoms with Crippen LogP contribution in [0, 0.1) is 0 Å². The van der Waals surface area contributed by atoms with Gasteiger partial charge in [-0.3, -0.25) is 18.6 Å². The van der Waals surface area contributed by atoms with E-state index < -0.39 is 26.5 Å². The topological polar surface area (TPSA) is 108 Å². The number of allylic oxidation sites excluding steroid dienone is 2. The van der Waals surface area contributed by atoms with Crippen molar-refractivity contribution in [2.45, 2.75) is 116 Å². The number of carbonyl (C=O) groups excluding carboxylic acids is 2. The van der Waals surface area contributed by atoms with Crippen molar-refractivity contribution >= 4 is 19.8 Å². The van der Waals surface area contributed by atoms with Crippen LogP contribution in [0.5, 0.6) is 0 Å². The highest BCUT2D eigenvalue weighted by Crippen LogP contribution is 2.42. The van der Waals surface area contributed by atoms with E-state index in [4.69, 9.17) is 14.0 Å². The van der Waals surface area contributed by atoms with Crippen LogP contribution in [0.2, 0.25) is 0 Å². The average molecular weight is 507 g/mol. The van der Waals surface area contributed by atoms with E-state index in [-0.39, 0.29) is 19.0 Å². The molecule has 0 aliphatic rings. The van der Waals surface area contributed by atoms with Gasteiger partial charge in [0.1, 0.15) is 6.61 Å². The van der Waals surface area contributed by atoms with Crippen molar-refractivity contribution in [3.63, 3.8) is 0 Å². The van der Waals surface area contributed by atoms with Gasteiger partial charge in [0.25, 0.3) is 0 Å². The Labute approximate surface area is 206 Å². The fraction of sp³-hybridized carbons (Fsp3) is 0.840. The third-order valence-electron chi connectivity index (χ3n) is 5.35. The van der Waals surface area contributed by atoms with E-state index in [0.29, 0.717) is 12.8 Å². The van der Waals surface area contributed by atoms with Crippen LogP contribution >= 0.6 is 7.82 Å². The summed E-state index contributed by atoms with van der Waals surface area (Å²) in [5.41, 5.74) is 0. The maximum Gasteiger partial charge on any atom is 0.472 e. The molecule has 0 amide bonds. The molecule has 0 bridgehead atoms. The summed E-state index contributed by atoms with van der Waals surface area (Å²) in [4.78, 5) is 33.7. The van der Waals surface area contributed by atoms with Gasteiger partial charge in [0, 0.05) is 20.0 Å². The quantitative estimate of drug-likeness (QED) is 0.0710. The maximum absolute atomic E-state index is 12.2. The van der Waals surface area contributed by atoms with E-state index in [2.05, 4.69) is 17.5 Å². The number of rotatable bonds is 23. The van der Waals surface area contributed by atoms with Crippen LogP contribution in [0.15, 0.2) is 12.2 Å². The zero-order valence-electron chi connectivity index (χ0n) is 21.5. The largest absolute Gasteiger partial charge is 0.472 e. The Morgan fingerprint density at radius 1 is 0.853 bits per heavy atom. The Hall–Kier alpha value is -1.21. The van der Waals surface area contributed by atoms with E-state index in [1.165, 1.54) is 25.7 Å². The number of hydrogen-bond donors (Lipinski definition) is 1. The van der Waals surface area contributed by atoms with Crippen molar-refractivity contribution < 1.29 is 37.6 Å². The first-order chi connectivity index (χ1) is 16.3. The minimum atomic E-state index is -4.23. The molecule has 0 saturated heterocycles. The van der Waals surface area contributed by atoms with Crippen LogP contribution in [-0.2, 0) is 32.7 Å². The summed E-state index contributed by atoms with van der Waals surface area (Å²) in [6.45, 7) is 3.56. The van der Waals surface area contributed by atoms with Crippen molar-refractivity contribution in [3.05, 3.63) is 12.2 Å². The third-order valence-corrected chi connectivity index (χ3v) is 6.29. The normalized spacial score (nSPS) is 14.1. The van der Waals surface area contributed by atoms with Gasteiger partial charge in [0.05, 0.1) is 6.61 Å². The summed E-state index contributed by atoms with van der Waals surface area (Å²) in [5.74, 6) is -0.831. The fourth-order valence-corrected chi connectivity index (χ4v) is 3.76. The number of phosphoric ester groups is 1. The summed E-state index contributed by atoms with van der Waals surface area (Å²) in [7, 11) is -3.19. The zero-order chi connectivity index (χ0) is 25.5. The fourth-order valence-electron chi connectivity index (χ4n) is 3.30. The van der Waals surface area contributed by atoms with Gasteiger partial charge in [0.15, 0.2) is 6.10 Å². The highest BCUT2D eigenvalue weighted by atomic mass is 31.2. The Morgan fingerprint density at radius 3 is 2.00 bits per heavy atom. The standard InChI is InChI=1S/C25H47O8P/c1-4-6-8-10-12-14-16-18-20-25(27)33-23(22-32-34(28,29)30-3)21-31-24(26)19-17-15-13-11-9-7-5-2/h4,6,23H,5,7-22H2,1-3H3,(H,28,29)/b6-4+/t23-/m0/s1. The molecular weight excluding hydrogens is 459 g/mol. The SMILES string of the molecule is C/C=C/CCCCCCCC(=O)O[C@@H](COC(=O)CCCCCCCCC)COP(=O)(O)OC. The van der Waals surface area contributed by atoms with Crippen molar-refractivity contribution in [1.29, 1.82) is 0 Å². The average Bonchev–Trinajstić information content (AvgIpc) is 2.82. The summed E-state index contributed by atoms with van der Waals surface area (Å²) < 4.78 is 31.4. The molecule has 2 atom stereocenters. The van der Waals surface area contributed by atoms with E-state index in [1.807, 2.05) is 13.0 Å². The molecule has 0 fully saturated rings. The summed E-state index contributed by atoms with van der Waals surface area (Å²) >= 11 is 0. The molecule has 1 N–H and O–H groups in total. The van der Waals surface area contributed by atoms with Gasteiger partial charge in [-0.05, 0) is 32.6 Å². The molecule has 0 saturated carbocycles. The molecule has 0 aromatic carbocycles. The Balaban J connectivity index is 4.27. The lowest BCUT2D eigenvalue weighted by Crippen LogP contribution is -2.29.